The van der Waals surface area contributed by atoms with E-state index < -0.39 is 10.0 Å². The van der Waals surface area contributed by atoms with Gasteiger partial charge in [0, 0.05) is 25.3 Å². The highest BCUT2D eigenvalue weighted by atomic mass is 35.5. The largest absolute Gasteiger partial charge is 0.334 e. The second-order valence-electron chi connectivity index (χ2n) is 5.42. The van der Waals surface area contributed by atoms with Crippen LogP contribution in [-0.2, 0) is 16.6 Å². The van der Waals surface area contributed by atoms with Gasteiger partial charge in [0.2, 0.25) is 0 Å². The van der Waals surface area contributed by atoms with Gasteiger partial charge in [-0.1, -0.05) is 12.8 Å². The molecular formula is C13H25ClN4O2S. The van der Waals surface area contributed by atoms with Crippen molar-refractivity contribution in [1.29, 1.82) is 0 Å². The van der Waals surface area contributed by atoms with Crippen LogP contribution in [0.25, 0.3) is 0 Å². The first kappa shape index (κ1) is 18.4. The summed E-state index contributed by atoms with van der Waals surface area (Å²) < 4.78 is 29.4. The molecule has 1 aliphatic carbocycles. The standard InChI is InChI=1S/C13H24N4O2S.ClH/c1-3-17-9-13(15-10(17)2)20(18,19)16-12(8-14)11-6-4-5-7-11;/h9,11-12,16H,3-8,14H2,1-2H3;1H. The van der Waals surface area contributed by atoms with E-state index in [0.717, 1.165) is 25.7 Å². The fourth-order valence-corrected chi connectivity index (χ4v) is 4.21. The van der Waals surface area contributed by atoms with Gasteiger partial charge in [-0.3, -0.25) is 0 Å². The van der Waals surface area contributed by atoms with Crippen molar-refractivity contribution in [3.63, 3.8) is 0 Å². The molecule has 21 heavy (non-hydrogen) atoms. The summed E-state index contributed by atoms with van der Waals surface area (Å²) >= 11 is 0. The molecule has 0 aromatic carbocycles. The summed E-state index contributed by atoms with van der Waals surface area (Å²) in [7, 11) is -3.58. The van der Waals surface area contributed by atoms with Crippen molar-refractivity contribution in [3.8, 4) is 0 Å². The molecule has 0 radical (unpaired) electrons. The number of rotatable bonds is 6. The molecule has 1 aromatic rings. The van der Waals surface area contributed by atoms with Gasteiger partial charge in [0.05, 0.1) is 0 Å². The summed E-state index contributed by atoms with van der Waals surface area (Å²) in [5, 5.41) is 0.0910. The van der Waals surface area contributed by atoms with Crippen molar-refractivity contribution in [1.82, 2.24) is 14.3 Å². The number of halogens is 1. The van der Waals surface area contributed by atoms with Gasteiger partial charge in [-0.25, -0.2) is 18.1 Å². The molecule has 1 aromatic heterocycles. The van der Waals surface area contributed by atoms with E-state index in [0.29, 0.717) is 24.8 Å². The SMILES string of the molecule is CCn1cc(S(=O)(=O)NC(CN)C2CCCC2)nc1C.Cl. The Morgan fingerprint density at radius 2 is 2.10 bits per heavy atom. The number of imidazole rings is 1. The first-order valence-corrected chi connectivity index (χ1v) is 8.72. The highest BCUT2D eigenvalue weighted by Crippen LogP contribution is 2.28. The van der Waals surface area contributed by atoms with E-state index in [4.69, 9.17) is 5.73 Å². The van der Waals surface area contributed by atoms with Crippen molar-refractivity contribution in [2.45, 2.75) is 57.1 Å². The molecule has 1 fully saturated rings. The number of aryl methyl sites for hydroxylation is 2. The normalized spacial score (nSPS) is 17.7. The third-order valence-corrected chi connectivity index (χ3v) is 5.46. The number of sulfonamides is 1. The van der Waals surface area contributed by atoms with Crippen LogP contribution in [-0.4, -0.2) is 30.6 Å². The lowest BCUT2D eigenvalue weighted by atomic mass is 9.99. The quantitative estimate of drug-likeness (QED) is 0.822. The molecule has 6 nitrogen and oxygen atoms in total. The number of nitrogens with two attached hydrogens (primary N) is 1. The maximum absolute atomic E-state index is 12.4. The van der Waals surface area contributed by atoms with Crippen LogP contribution in [0.5, 0.6) is 0 Å². The average Bonchev–Trinajstić information content (AvgIpc) is 3.05. The summed E-state index contributed by atoms with van der Waals surface area (Å²) in [6.07, 6.45) is 6.00. The number of nitrogens with one attached hydrogen (secondary N) is 1. The highest BCUT2D eigenvalue weighted by molar-refractivity contribution is 7.89. The minimum atomic E-state index is -3.58. The molecule has 3 N–H and O–H groups in total. The summed E-state index contributed by atoms with van der Waals surface area (Å²) in [4.78, 5) is 4.14. The van der Waals surface area contributed by atoms with Gasteiger partial charge >= 0.3 is 0 Å². The van der Waals surface area contributed by atoms with E-state index in [-0.39, 0.29) is 23.5 Å². The van der Waals surface area contributed by atoms with Crippen LogP contribution < -0.4 is 10.5 Å². The molecule has 1 unspecified atom stereocenters. The molecule has 0 bridgehead atoms. The van der Waals surface area contributed by atoms with E-state index in [2.05, 4.69) is 9.71 Å². The van der Waals surface area contributed by atoms with Crippen molar-refractivity contribution in [2.75, 3.05) is 6.54 Å². The second kappa shape index (κ2) is 7.58. The van der Waals surface area contributed by atoms with Crippen LogP contribution in [0.15, 0.2) is 11.2 Å². The predicted molar refractivity (Wildman–Crippen MR) is 85.0 cm³/mol. The molecule has 0 amide bonds. The third kappa shape index (κ3) is 4.18. The molecule has 1 aliphatic rings. The molecule has 0 spiro atoms. The maximum Gasteiger partial charge on any atom is 0.259 e. The zero-order chi connectivity index (χ0) is 14.8. The minimum absolute atomic E-state index is 0. The average molecular weight is 337 g/mol. The first-order chi connectivity index (χ1) is 9.47. The number of nitrogens with zero attached hydrogens (tertiary/aromatic N) is 2. The first-order valence-electron chi connectivity index (χ1n) is 7.24. The molecule has 1 atom stereocenters. The van der Waals surface area contributed by atoms with Crippen LogP contribution in [0.2, 0.25) is 0 Å². The predicted octanol–water partition coefficient (Wildman–Crippen LogP) is 1.43. The molecule has 8 heteroatoms. The summed E-state index contributed by atoms with van der Waals surface area (Å²) in [6.45, 7) is 4.80. The van der Waals surface area contributed by atoms with Crippen molar-refractivity contribution >= 4 is 22.4 Å². The Labute approximate surface area is 133 Å². The van der Waals surface area contributed by atoms with Gasteiger partial charge in [0.15, 0.2) is 5.03 Å². The zero-order valence-electron chi connectivity index (χ0n) is 12.6. The monoisotopic (exact) mass is 336 g/mol. The van der Waals surface area contributed by atoms with Crippen molar-refractivity contribution in [2.24, 2.45) is 11.7 Å². The van der Waals surface area contributed by atoms with Crippen molar-refractivity contribution < 1.29 is 8.42 Å². The topological polar surface area (TPSA) is 90.0 Å². The molecule has 2 rings (SSSR count). The molecule has 122 valence electrons. The maximum atomic E-state index is 12.4. The van der Waals surface area contributed by atoms with Crippen LogP contribution >= 0.6 is 12.4 Å². The van der Waals surface area contributed by atoms with E-state index in [1.165, 1.54) is 0 Å². The fourth-order valence-electron chi connectivity index (χ4n) is 2.89. The molecule has 1 heterocycles. The fraction of sp³-hybridized carbons (Fsp3) is 0.769. The zero-order valence-corrected chi connectivity index (χ0v) is 14.2. The van der Waals surface area contributed by atoms with Crippen LogP contribution in [0.1, 0.15) is 38.4 Å². The van der Waals surface area contributed by atoms with E-state index >= 15 is 0 Å². The van der Waals surface area contributed by atoms with Crippen LogP contribution in [0.4, 0.5) is 0 Å². The van der Waals surface area contributed by atoms with E-state index in [1.54, 1.807) is 13.1 Å². The summed E-state index contributed by atoms with van der Waals surface area (Å²) in [6, 6.07) is -0.186. The van der Waals surface area contributed by atoms with Gasteiger partial charge < -0.3 is 10.3 Å². The Hall–Kier alpha value is -0.630. The molecule has 1 saturated carbocycles. The van der Waals surface area contributed by atoms with E-state index in [9.17, 15) is 8.42 Å². The van der Waals surface area contributed by atoms with Gasteiger partial charge in [-0.05, 0) is 32.6 Å². The van der Waals surface area contributed by atoms with Crippen molar-refractivity contribution in [3.05, 3.63) is 12.0 Å². The Morgan fingerprint density at radius 1 is 1.48 bits per heavy atom. The Balaban J connectivity index is 0.00000220. The molecule has 0 saturated heterocycles. The third-order valence-electron chi connectivity index (χ3n) is 4.10. The van der Waals surface area contributed by atoms with E-state index in [1.807, 2.05) is 11.5 Å². The lowest BCUT2D eigenvalue weighted by Crippen LogP contribution is -2.44. The van der Waals surface area contributed by atoms with Gasteiger partial charge in [-0.15, -0.1) is 12.4 Å². The number of aromatic nitrogens is 2. The minimum Gasteiger partial charge on any atom is -0.334 e. The smallest absolute Gasteiger partial charge is 0.259 e. The second-order valence-corrected chi connectivity index (χ2v) is 7.08. The van der Waals surface area contributed by atoms with Gasteiger partial charge in [0.25, 0.3) is 10.0 Å². The summed E-state index contributed by atoms with van der Waals surface area (Å²) in [5.41, 5.74) is 5.75. The van der Waals surface area contributed by atoms with Crippen LogP contribution in [0.3, 0.4) is 0 Å². The summed E-state index contributed by atoms with van der Waals surface area (Å²) in [5.74, 6) is 1.06. The lowest BCUT2D eigenvalue weighted by Gasteiger charge is -2.22. The molecule has 0 aliphatic heterocycles. The Bertz CT molecular complexity index is 553. The highest BCUT2D eigenvalue weighted by Gasteiger charge is 2.29. The van der Waals surface area contributed by atoms with Crippen LogP contribution in [0, 0.1) is 12.8 Å². The lowest BCUT2D eigenvalue weighted by molar-refractivity contribution is 0.405. The van der Waals surface area contributed by atoms with Gasteiger partial charge in [-0.2, -0.15) is 0 Å². The molecular weight excluding hydrogens is 312 g/mol. The number of hydrogen-bond acceptors (Lipinski definition) is 4. The van der Waals surface area contributed by atoms with Gasteiger partial charge in [0.1, 0.15) is 5.82 Å². The Morgan fingerprint density at radius 3 is 2.57 bits per heavy atom. The Kier molecular flexibility index (Phi) is 6.65. The number of hydrogen-bond donors (Lipinski definition) is 2.